The van der Waals surface area contributed by atoms with Crippen LogP contribution in [0.25, 0.3) is 11.1 Å². The third kappa shape index (κ3) is 3.11. The molecule has 1 aromatic heterocycles. The predicted molar refractivity (Wildman–Crippen MR) is 87.2 cm³/mol. The number of hydrogen-bond acceptors (Lipinski definition) is 3. The lowest BCUT2D eigenvalue weighted by molar-refractivity contribution is 0.299. The lowest BCUT2D eigenvalue weighted by Gasteiger charge is -2.23. The molecule has 3 rings (SSSR count). The molecular formula is C17H22N2S. The van der Waals surface area contributed by atoms with Gasteiger partial charge in [0.2, 0.25) is 0 Å². The van der Waals surface area contributed by atoms with Gasteiger partial charge >= 0.3 is 0 Å². The summed E-state index contributed by atoms with van der Waals surface area (Å²) in [5, 5.41) is 7.79. The molecule has 1 aliphatic rings. The minimum absolute atomic E-state index is 0.435. The molecule has 3 heteroatoms. The van der Waals surface area contributed by atoms with Gasteiger partial charge in [-0.15, -0.1) is 0 Å². The van der Waals surface area contributed by atoms with E-state index in [2.05, 4.69) is 58.4 Å². The molecule has 2 aromatic rings. The fourth-order valence-electron chi connectivity index (χ4n) is 2.92. The molecule has 106 valence electrons. The van der Waals surface area contributed by atoms with Gasteiger partial charge in [0.1, 0.15) is 0 Å². The van der Waals surface area contributed by atoms with Crippen LogP contribution in [0.5, 0.6) is 0 Å². The van der Waals surface area contributed by atoms with Crippen molar-refractivity contribution >= 4 is 11.3 Å². The third-order valence-electron chi connectivity index (χ3n) is 4.16. The molecule has 0 bridgehead atoms. The van der Waals surface area contributed by atoms with E-state index in [9.17, 15) is 0 Å². The number of likely N-dealkylation sites (tertiary alicyclic amines) is 1. The van der Waals surface area contributed by atoms with E-state index in [1.165, 1.54) is 42.6 Å². The van der Waals surface area contributed by atoms with E-state index in [1.54, 1.807) is 11.3 Å². The highest BCUT2D eigenvalue weighted by Crippen LogP contribution is 2.24. The van der Waals surface area contributed by atoms with Crippen molar-refractivity contribution in [2.75, 3.05) is 26.7 Å². The highest BCUT2D eigenvalue weighted by Gasteiger charge is 2.17. The Hall–Kier alpha value is -1.16. The Kier molecular flexibility index (Phi) is 4.51. The fraction of sp³-hybridized carbons (Fsp3) is 0.412. The van der Waals surface area contributed by atoms with Crippen LogP contribution in [-0.2, 0) is 0 Å². The van der Waals surface area contributed by atoms with Crippen molar-refractivity contribution in [3.63, 3.8) is 0 Å². The molecule has 1 N–H and O–H groups in total. The molecular weight excluding hydrogens is 264 g/mol. The SMILES string of the molecule is CNC(CN1CCCC1)c1ccc(-c2ccsc2)cc1. The number of benzene rings is 1. The minimum atomic E-state index is 0.435. The summed E-state index contributed by atoms with van der Waals surface area (Å²) >= 11 is 1.75. The summed E-state index contributed by atoms with van der Waals surface area (Å²) in [6.45, 7) is 3.63. The number of thiophene rings is 1. The Morgan fingerprint density at radius 3 is 2.45 bits per heavy atom. The van der Waals surface area contributed by atoms with Crippen LogP contribution in [0, 0.1) is 0 Å². The van der Waals surface area contributed by atoms with Gasteiger partial charge < -0.3 is 10.2 Å². The van der Waals surface area contributed by atoms with Crippen molar-refractivity contribution in [3.05, 3.63) is 46.7 Å². The molecule has 0 aliphatic carbocycles. The zero-order valence-electron chi connectivity index (χ0n) is 12.0. The Morgan fingerprint density at radius 2 is 1.85 bits per heavy atom. The van der Waals surface area contributed by atoms with Gasteiger partial charge in [-0.25, -0.2) is 0 Å². The molecule has 1 atom stereocenters. The molecule has 0 amide bonds. The maximum Gasteiger partial charge on any atom is 0.0446 e. The lowest BCUT2D eigenvalue weighted by atomic mass is 10.0. The summed E-state index contributed by atoms with van der Waals surface area (Å²) in [6, 6.07) is 11.6. The van der Waals surface area contributed by atoms with E-state index < -0.39 is 0 Å². The van der Waals surface area contributed by atoms with Crippen molar-refractivity contribution in [3.8, 4) is 11.1 Å². The van der Waals surface area contributed by atoms with Gasteiger partial charge in [0.15, 0.2) is 0 Å². The summed E-state index contributed by atoms with van der Waals surface area (Å²) in [7, 11) is 2.06. The summed E-state index contributed by atoms with van der Waals surface area (Å²) in [4.78, 5) is 2.56. The van der Waals surface area contributed by atoms with Crippen LogP contribution in [-0.4, -0.2) is 31.6 Å². The molecule has 0 radical (unpaired) electrons. The van der Waals surface area contributed by atoms with Gasteiger partial charge in [0.25, 0.3) is 0 Å². The topological polar surface area (TPSA) is 15.3 Å². The molecule has 2 heterocycles. The van der Waals surface area contributed by atoms with Gasteiger partial charge in [-0.05, 0) is 66.5 Å². The number of rotatable bonds is 5. The minimum Gasteiger partial charge on any atom is -0.312 e. The van der Waals surface area contributed by atoms with Crippen LogP contribution in [0.15, 0.2) is 41.1 Å². The summed E-state index contributed by atoms with van der Waals surface area (Å²) < 4.78 is 0. The van der Waals surface area contributed by atoms with Crippen LogP contribution >= 0.6 is 11.3 Å². The molecule has 1 aliphatic heterocycles. The van der Waals surface area contributed by atoms with Crippen LogP contribution in [0.1, 0.15) is 24.4 Å². The predicted octanol–water partition coefficient (Wildman–Crippen LogP) is 3.77. The second kappa shape index (κ2) is 6.53. The number of nitrogens with zero attached hydrogens (tertiary/aromatic N) is 1. The molecule has 1 unspecified atom stereocenters. The van der Waals surface area contributed by atoms with Crippen molar-refractivity contribution in [2.45, 2.75) is 18.9 Å². The number of hydrogen-bond donors (Lipinski definition) is 1. The second-order valence-electron chi connectivity index (χ2n) is 5.48. The highest BCUT2D eigenvalue weighted by molar-refractivity contribution is 7.08. The van der Waals surface area contributed by atoms with E-state index in [4.69, 9.17) is 0 Å². The van der Waals surface area contributed by atoms with Crippen LogP contribution in [0.3, 0.4) is 0 Å². The van der Waals surface area contributed by atoms with E-state index >= 15 is 0 Å². The average Bonchev–Trinajstić information content (AvgIpc) is 3.18. The van der Waals surface area contributed by atoms with Crippen LogP contribution in [0.4, 0.5) is 0 Å². The van der Waals surface area contributed by atoms with Crippen molar-refractivity contribution in [2.24, 2.45) is 0 Å². The van der Waals surface area contributed by atoms with E-state index in [-0.39, 0.29) is 0 Å². The number of nitrogens with one attached hydrogen (secondary N) is 1. The van der Waals surface area contributed by atoms with Crippen molar-refractivity contribution in [1.29, 1.82) is 0 Å². The summed E-state index contributed by atoms with van der Waals surface area (Å²) in [6.07, 6.45) is 2.71. The molecule has 1 fully saturated rings. The normalized spacial score (nSPS) is 17.4. The zero-order valence-corrected chi connectivity index (χ0v) is 12.8. The van der Waals surface area contributed by atoms with E-state index in [1.807, 2.05) is 0 Å². The first-order valence-electron chi connectivity index (χ1n) is 7.39. The van der Waals surface area contributed by atoms with Gasteiger partial charge in [-0.1, -0.05) is 24.3 Å². The second-order valence-corrected chi connectivity index (χ2v) is 6.26. The Labute approximate surface area is 125 Å². The van der Waals surface area contributed by atoms with Crippen molar-refractivity contribution < 1.29 is 0 Å². The fourth-order valence-corrected chi connectivity index (χ4v) is 3.59. The number of likely N-dealkylation sites (N-methyl/N-ethyl adjacent to an activating group) is 1. The standard InChI is InChI=1S/C17H22N2S/c1-18-17(12-19-9-2-3-10-19)15-6-4-14(5-7-15)16-8-11-20-13-16/h4-8,11,13,17-18H,2-3,9-10,12H2,1H3. The van der Waals surface area contributed by atoms with Crippen molar-refractivity contribution in [1.82, 2.24) is 10.2 Å². The quantitative estimate of drug-likeness (QED) is 0.900. The average molecular weight is 286 g/mol. The largest absolute Gasteiger partial charge is 0.312 e. The molecule has 1 aromatic carbocycles. The molecule has 0 spiro atoms. The Bertz CT molecular complexity index is 512. The Morgan fingerprint density at radius 1 is 1.10 bits per heavy atom. The smallest absolute Gasteiger partial charge is 0.0446 e. The van der Waals surface area contributed by atoms with Gasteiger partial charge in [0, 0.05) is 12.6 Å². The molecule has 1 saturated heterocycles. The molecule has 2 nitrogen and oxygen atoms in total. The molecule has 0 saturated carbocycles. The van der Waals surface area contributed by atoms with Crippen LogP contribution in [0.2, 0.25) is 0 Å². The first-order valence-corrected chi connectivity index (χ1v) is 8.33. The van der Waals surface area contributed by atoms with Gasteiger partial charge in [-0.3, -0.25) is 0 Å². The first kappa shape index (κ1) is 13.8. The zero-order chi connectivity index (χ0) is 13.8. The summed E-state index contributed by atoms with van der Waals surface area (Å²) in [5.41, 5.74) is 4.02. The first-order chi connectivity index (χ1) is 9.86. The van der Waals surface area contributed by atoms with Gasteiger partial charge in [0.05, 0.1) is 0 Å². The lowest BCUT2D eigenvalue weighted by Crippen LogP contribution is -2.31. The maximum atomic E-state index is 3.46. The van der Waals surface area contributed by atoms with E-state index in [0.717, 1.165) is 6.54 Å². The monoisotopic (exact) mass is 286 g/mol. The van der Waals surface area contributed by atoms with E-state index in [0.29, 0.717) is 6.04 Å². The van der Waals surface area contributed by atoms with Crippen LogP contribution < -0.4 is 5.32 Å². The third-order valence-corrected chi connectivity index (χ3v) is 4.84. The maximum absolute atomic E-state index is 3.46. The Balaban J connectivity index is 1.71. The van der Waals surface area contributed by atoms with Gasteiger partial charge in [-0.2, -0.15) is 11.3 Å². The highest BCUT2D eigenvalue weighted by atomic mass is 32.1. The summed E-state index contributed by atoms with van der Waals surface area (Å²) in [5.74, 6) is 0. The molecule has 20 heavy (non-hydrogen) atoms.